The molecule has 0 aliphatic rings. The van der Waals surface area contributed by atoms with E-state index in [-0.39, 0.29) is 11.7 Å². The summed E-state index contributed by atoms with van der Waals surface area (Å²) >= 11 is 0. The predicted octanol–water partition coefficient (Wildman–Crippen LogP) is 1.12. The topological polar surface area (TPSA) is 66.0 Å². The molecule has 0 aliphatic heterocycles. The molecule has 0 aliphatic carbocycles. The molecule has 0 fully saturated rings. The van der Waals surface area contributed by atoms with Crippen molar-refractivity contribution in [1.29, 1.82) is 5.41 Å². The van der Waals surface area contributed by atoms with Crippen LogP contribution in [0.5, 0.6) is 0 Å². The zero-order valence-electron chi connectivity index (χ0n) is 8.30. The third kappa shape index (κ3) is 3.16. The average molecular weight is 214 g/mol. The number of nitrogens with two attached hydrogens (primary N) is 1. The van der Waals surface area contributed by atoms with Crippen LogP contribution in [-0.2, 0) is 0 Å². The first-order chi connectivity index (χ1) is 7.00. The Morgan fingerprint density at radius 3 is 2.80 bits per heavy atom. The summed E-state index contributed by atoms with van der Waals surface area (Å²) in [7, 11) is 1.60. The number of rotatable bonds is 4. The quantitative estimate of drug-likeness (QED) is 0.583. The Bertz CT molecular complexity index is 367. The van der Waals surface area contributed by atoms with Gasteiger partial charge >= 0.3 is 0 Å². The minimum atomic E-state index is -0.721. The first-order valence-electron chi connectivity index (χ1n) is 4.36. The van der Waals surface area contributed by atoms with E-state index in [9.17, 15) is 8.78 Å². The normalized spacial score (nSPS) is 10.1. The molecular weight excluding hydrogens is 202 g/mol. The molecule has 0 bridgehead atoms. The maximum atomic E-state index is 13.2. The van der Waals surface area contributed by atoms with Crippen LogP contribution < -0.4 is 10.6 Å². The van der Waals surface area contributed by atoms with Crippen LogP contribution in [0, 0.1) is 17.0 Å². The smallest absolute Gasteiger partial charge is 0.168 e. The number of amidine groups is 1. The summed E-state index contributed by atoms with van der Waals surface area (Å²) in [6.07, 6.45) is 1.26. The van der Waals surface area contributed by atoms with E-state index in [4.69, 9.17) is 11.1 Å². The number of aromatic nitrogens is 1. The van der Waals surface area contributed by atoms with E-state index < -0.39 is 11.6 Å². The van der Waals surface area contributed by atoms with Crippen LogP contribution >= 0.6 is 0 Å². The molecule has 0 saturated carbocycles. The van der Waals surface area contributed by atoms with Gasteiger partial charge in [0, 0.05) is 26.1 Å². The highest BCUT2D eigenvalue weighted by Gasteiger charge is 2.10. The van der Waals surface area contributed by atoms with Gasteiger partial charge in [0.2, 0.25) is 0 Å². The van der Waals surface area contributed by atoms with E-state index in [1.165, 1.54) is 4.90 Å². The second-order valence-corrected chi connectivity index (χ2v) is 3.16. The number of hydrogen-bond donors (Lipinski definition) is 2. The lowest BCUT2D eigenvalue weighted by Crippen LogP contribution is -2.25. The van der Waals surface area contributed by atoms with Crippen LogP contribution in [0.4, 0.5) is 14.6 Å². The fraction of sp³-hybridized carbons (Fsp3) is 0.333. The second kappa shape index (κ2) is 4.68. The summed E-state index contributed by atoms with van der Waals surface area (Å²) in [6.45, 7) is 0.366. The highest BCUT2D eigenvalue weighted by atomic mass is 19.1. The van der Waals surface area contributed by atoms with Gasteiger partial charge in [-0.05, 0) is 0 Å². The molecule has 0 radical (unpaired) electrons. The lowest BCUT2D eigenvalue weighted by Gasteiger charge is -2.17. The second-order valence-electron chi connectivity index (χ2n) is 3.16. The van der Waals surface area contributed by atoms with Crippen molar-refractivity contribution in [1.82, 2.24) is 4.98 Å². The van der Waals surface area contributed by atoms with Gasteiger partial charge in [-0.2, -0.15) is 0 Å². The Labute approximate surface area is 86.2 Å². The number of halogens is 2. The maximum absolute atomic E-state index is 13.2. The van der Waals surface area contributed by atoms with Gasteiger partial charge in [0.25, 0.3) is 0 Å². The minimum Gasteiger partial charge on any atom is -0.388 e. The molecule has 0 amide bonds. The number of pyridine rings is 1. The van der Waals surface area contributed by atoms with Gasteiger partial charge in [0.05, 0.1) is 12.0 Å². The molecule has 0 aromatic carbocycles. The van der Waals surface area contributed by atoms with Crippen molar-refractivity contribution in [3.05, 3.63) is 23.9 Å². The van der Waals surface area contributed by atoms with Crippen LogP contribution in [-0.4, -0.2) is 24.4 Å². The Balaban J connectivity index is 2.73. The third-order valence-electron chi connectivity index (χ3n) is 1.87. The summed E-state index contributed by atoms with van der Waals surface area (Å²) in [5, 5.41) is 7.01. The lowest BCUT2D eigenvalue weighted by atomic mass is 10.3. The summed E-state index contributed by atoms with van der Waals surface area (Å²) in [6, 6.07) is 0.770. The molecule has 82 valence electrons. The number of nitrogens with zero attached hydrogens (tertiary/aromatic N) is 2. The Morgan fingerprint density at radius 1 is 1.60 bits per heavy atom. The van der Waals surface area contributed by atoms with Gasteiger partial charge in [-0.3, -0.25) is 5.41 Å². The molecule has 0 atom stereocenters. The van der Waals surface area contributed by atoms with E-state index >= 15 is 0 Å². The van der Waals surface area contributed by atoms with Gasteiger partial charge in [-0.15, -0.1) is 0 Å². The largest absolute Gasteiger partial charge is 0.388 e. The average Bonchev–Trinajstić information content (AvgIpc) is 2.14. The van der Waals surface area contributed by atoms with E-state index in [1.54, 1.807) is 7.05 Å². The summed E-state index contributed by atoms with van der Waals surface area (Å²) in [4.78, 5) is 5.10. The van der Waals surface area contributed by atoms with Gasteiger partial charge in [0.1, 0.15) is 5.82 Å². The highest BCUT2D eigenvalue weighted by molar-refractivity contribution is 5.77. The molecule has 0 saturated heterocycles. The van der Waals surface area contributed by atoms with Crippen LogP contribution in [0.15, 0.2) is 12.3 Å². The molecule has 1 rings (SSSR count). The van der Waals surface area contributed by atoms with Crippen molar-refractivity contribution in [2.24, 2.45) is 5.73 Å². The minimum absolute atomic E-state index is 0.0179. The highest BCUT2D eigenvalue weighted by Crippen LogP contribution is 2.15. The fourth-order valence-electron chi connectivity index (χ4n) is 1.08. The number of hydrogen-bond acceptors (Lipinski definition) is 3. The fourth-order valence-corrected chi connectivity index (χ4v) is 1.08. The van der Waals surface area contributed by atoms with Crippen LogP contribution in [0.1, 0.15) is 6.42 Å². The Morgan fingerprint density at radius 2 is 2.27 bits per heavy atom. The molecule has 1 heterocycles. The van der Waals surface area contributed by atoms with Gasteiger partial charge in [0.15, 0.2) is 11.6 Å². The molecule has 0 unspecified atom stereocenters. The molecule has 4 nitrogen and oxygen atoms in total. The molecule has 1 aromatic heterocycles. The van der Waals surface area contributed by atoms with Crippen molar-refractivity contribution >= 4 is 11.7 Å². The van der Waals surface area contributed by atoms with Crippen LogP contribution in [0.3, 0.4) is 0 Å². The third-order valence-corrected chi connectivity index (χ3v) is 1.87. The molecule has 0 spiro atoms. The predicted molar refractivity (Wildman–Crippen MR) is 54.0 cm³/mol. The Hall–Kier alpha value is -1.72. The molecular formula is C9H12F2N4. The molecule has 1 aromatic rings. The van der Waals surface area contributed by atoms with Gasteiger partial charge in [-0.1, -0.05) is 0 Å². The van der Waals surface area contributed by atoms with Crippen LogP contribution in [0.25, 0.3) is 0 Å². The first-order valence-corrected chi connectivity index (χ1v) is 4.36. The number of anilines is 1. The molecule has 3 N–H and O–H groups in total. The molecule has 15 heavy (non-hydrogen) atoms. The van der Waals surface area contributed by atoms with Crippen molar-refractivity contribution in [3.63, 3.8) is 0 Å². The van der Waals surface area contributed by atoms with Gasteiger partial charge in [-0.25, -0.2) is 13.8 Å². The monoisotopic (exact) mass is 214 g/mol. The first kappa shape index (κ1) is 11.4. The Kier molecular flexibility index (Phi) is 3.54. The van der Waals surface area contributed by atoms with E-state index in [0.29, 0.717) is 13.0 Å². The zero-order valence-corrected chi connectivity index (χ0v) is 8.30. The zero-order chi connectivity index (χ0) is 11.4. The van der Waals surface area contributed by atoms with Crippen molar-refractivity contribution < 1.29 is 8.78 Å². The SMILES string of the molecule is CN(CCC(=N)N)c1ncc(F)cc1F. The summed E-state index contributed by atoms with van der Waals surface area (Å²) in [5.41, 5.74) is 5.16. The number of nitrogens with one attached hydrogen (secondary N) is 1. The van der Waals surface area contributed by atoms with Gasteiger partial charge < -0.3 is 10.6 Å². The van der Waals surface area contributed by atoms with Crippen LogP contribution in [0.2, 0.25) is 0 Å². The van der Waals surface area contributed by atoms with E-state index in [2.05, 4.69) is 4.98 Å². The van der Waals surface area contributed by atoms with Crippen molar-refractivity contribution in [2.75, 3.05) is 18.5 Å². The summed E-state index contributed by atoms with van der Waals surface area (Å²) < 4.78 is 25.7. The summed E-state index contributed by atoms with van der Waals surface area (Å²) in [5.74, 6) is -1.36. The van der Waals surface area contributed by atoms with E-state index in [1.807, 2.05) is 0 Å². The van der Waals surface area contributed by atoms with E-state index in [0.717, 1.165) is 12.3 Å². The maximum Gasteiger partial charge on any atom is 0.168 e. The van der Waals surface area contributed by atoms with Crippen molar-refractivity contribution in [2.45, 2.75) is 6.42 Å². The van der Waals surface area contributed by atoms with Crippen molar-refractivity contribution in [3.8, 4) is 0 Å². The lowest BCUT2D eigenvalue weighted by molar-refractivity contribution is 0.570. The standard InChI is InChI=1S/C9H12F2N4/c1-15(3-2-8(12)13)9-7(11)4-6(10)5-14-9/h4-5H,2-3H2,1H3,(H3,12,13). The molecule has 6 heteroatoms.